The van der Waals surface area contributed by atoms with Crippen molar-refractivity contribution in [3.63, 3.8) is 0 Å². The first kappa shape index (κ1) is 12.0. The van der Waals surface area contributed by atoms with Gasteiger partial charge in [-0.25, -0.2) is 0 Å². The lowest BCUT2D eigenvalue weighted by atomic mass is 9.90. The van der Waals surface area contributed by atoms with E-state index < -0.39 is 0 Å². The van der Waals surface area contributed by atoms with Crippen LogP contribution in [0.4, 0.5) is 0 Å². The van der Waals surface area contributed by atoms with E-state index in [1.807, 2.05) is 6.07 Å². The van der Waals surface area contributed by atoms with Gasteiger partial charge in [-0.2, -0.15) is 0 Å². The molecule has 1 nitrogen and oxygen atoms in total. The maximum Gasteiger partial charge on any atom is 0.0967 e. The van der Waals surface area contributed by atoms with E-state index in [2.05, 4.69) is 24.3 Å². The fourth-order valence-corrected chi connectivity index (χ4v) is 2.86. The Labute approximate surface area is 103 Å². The predicted octanol–water partition coefficient (Wildman–Crippen LogP) is 4.33. The van der Waals surface area contributed by atoms with Gasteiger partial charge < -0.3 is 4.74 Å². The maximum atomic E-state index is 5.74. The van der Waals surface area contributed by atoms with Gasteiger partial charge in [-0.1, -0.05) is 49.2 Å². The maximum absolute atomic E-state index is 5.74. The molecule has 0 heterocycles. The van der Waals surface area contributed by atoms with E-state index in [4.69, 9.17) is 4.74 Å². The van der Waals surface area contributed by atoms with Crippen molar-refractivity contribution in [3.8, 4) is 0 Å². The van der Waals surface area contributed by atoms with Crippen molar-refractivity contribution in [2.75, 3.05) is 12.5 Å². The van der Waals surface area contributed by atoms with Crippen molar-refractivity contribution in [2.24, 2.45) is 5.92 Å². The molecule has 2 heteroatoms. The van der Waals surface area contributed by atoms with E-state index in [0.717, 1.165) is 18.5 Å². The zero-order valence-electron chi connectivity index (χ0n) is 9.73. The lowest BCUT2D eigenvalue weighted by molar-refractivity contribution is 0.120. The third kappa shape index (κ3) is 4.18. The Morgan fingerprint density at radius 3 is 2.56 bits per heavy atom. The number of rotatable bonds is 5. The van der Waals surface area contributed by atoms with Gasteiger partial charge in [0.1, 0.15) is 0 Å². The van der Waals surface area contributed by atoms with Crippen LogP contribution in [0.5, 0.6) is 0 Å². The molecule has 0 N–H and O–H groups in total. The van der Waals surface area contributed by atoms with Crippen LogP contribution < -0.4 is 0 Å². The summed E-state index contributed by atoms with van der Waals surface area (Å²) in [6.45, 7) is 0.958. The molecule has 0 bridgehead atoms. The average Bonchev–Trinajstić information content (AvgIpc) is 2.37. The highest BCUT2D eigenvalue weighted by Crippen LogP contribution is 2.24. The van der Waals surface area contributed by atoms with Crippen LogP contribution in [0.3, 0.4) is 0 Å². The van der Waals surface area contributed by atoms with Crippen molar-refractivity contribution in [2.45, 2.75) is 37.0 Å². The van der Waals surface area contributed by atoms with Crippen LogP contribution >= 0.6 is 11.8 Å². The first-order valence-corrected chi connectivity index (χ1v) is 7.19. The van der Waals surface area contributed by atoms with Gasteiger partial charge in [-0.15, -0.1) is 0 Å². The molecule has 0 aliphatic heterocycles. The third-order valence-corrected chi connectivity index (χ3v) is 4.02. The van der Waals surface area contributed by atoms with E-state index in [9.17, 15) is 0 Å². The van der Waals surface area contributed by atoms with Gasteiger partial charge in [-0.3, -0.25) is 0 Å². The SMILES string of the molecule is c1ccc(SCOCC2CCCCC2)cc1. The summed E-state index contributed by atoms with van der Waals surface area (Å²) < 4.78 is 5.74. The summed E-state index contributed by atoms with van der Waals surface area (Å²) in [6, 6.07) is 10.5. The van der Waals surface area contributed by atoms with Gasteiger partial charge in [0.05, 0.1) is 12.5 Å². The molecule has 0 aromatic heterocycles. The summed E-state index contributed by atoms with van der Waals surface area (Å²) >= 11 is 1.79. The Hall–Kier alpha value is -0.470. The second-order valence-electron chi connectivity index (χ2n) is 4.45. The molecule has 1 fully saturated rings. The predicted molar refractivity (Wildman–Crippen MR) is 69.7 cm³/mol. The molecule has 16 heavy (non-hydrogen) atoms. The molecular weight excluding hydrogens is 216 g/mol. The summed E-state index contributed by atoms with van der Waals surface area (Å²) in [5, 5.41) is 0. The second-order valence-corrected chi connectivity index (χ2v) is 5.45. The van der Waals surface area contributed by atoms with Gasteiger partial charge in [-0.05, 0) is 30.9 Å². The highest BCUT2D eigenvalue weighted by atomic mass is 32.2. The van der Waals surface area contributed by atoms with Crippen LogP contribution in [0.2, 0.25) is 0 Å². The molecule has 0 amide bonds. The van der Waals surface area contributed by atoms with E-state index in [1.54, 1.807) is 11.8 Å². The number of benzene rings is 1. The number of ether oxygens (including phenoxy) is 1. The lowest BCUT2D eigenvalue weighted by Crippen LogP contribution is -2.13. The fraction of sp³-hybridized carbons (Fsp3) is 0.571. The van der Waals surface area contributed by atoms with Crippen LogP contribution in [0.15, 0.2) is 35.2 Å². The van der Waals surface area contributed by atoms with Crippen molar-refractivity contribution in [3.05, 3.63) is 30.3 Å². The molecule has 1 aliphatic rings. The van der Waals surface area contributed by atoms with Gasteiger partial charge in [0.15, 0.2) is 0 Å². The zero-order chi connectivity index (χ0) is 11.1. The Bertz CT molecular complexity index is 280. The van der Waals surface area contributed by atoms with Crippen molar-refractivity contribution in [1.29, 1.82) is 0 Å². The summed E-state index contributed by atoms with van der Waals surface area (Å²) in [7, 11) is 0. The molecule has 0 spiro atoms. The summed E-state index contributed by atoms with van der Waals surface area (Å²) in [6.07, 6.45) is 6.97. The monoisotopic (exact) mass is 236 g/mol. The molecule has 1 aromatic rings. The van der Waals surface area contributed by atoms with E-state index >= 15 is 0 Å². The average molecular weight is 236 g/mol. The minimum atomic E-state index is 0.792. The van der Waals surface area contributed by atoms with Crippen molar-refractivity contribution < 1.29 is 4.74 Å². The first-order chi connectivity index (χ1) is 7.95. The molecule has 1 saturated carbocycles. The molecule has 1 aromatic carbocycles. The largest absolute Gasteiger partial charge is 0.370 e. The lowest BCUT2D eigenvalue weighted by Gasteiger charge is -2.21. The summed E-state index contributed by atoms with van der Waals surface area (Å²) in [4.78, 5) is 1.30. The Balaban J connectivity index is 1.58. The van der Waals surface area contributed by atoms with Gasteiger partial charge >= 0.3 is 0 Å². The second kappa shape index (κ2) is 6.97. The summed E-state index contributed by atoms with van der Waals surface area (Å²) in [5.41, 5.74) is 0. The zero-order valence-corrected chi connectivity index (χ0v) is 10.5. The van der Waals surface area contributed by atoms with Crippen LogP contribution in [-0.2, 0) is 4.74 Å². The van der Waals surface area contributed by atoms with Crippen LogP contribution in [0, 0.1) is 5.92 Å². The highest BCUT2D eigenvalue weighted by Gasteiger charge is 2.12. The Morgan fingerprint density at radius 1 is 1.06 bits per heavy atom. The standard InChI is InChI=1S/C14H20OS/c1-3-7-13(8-4-1)11-15-12-16-14-9-5-2-6-10-14/h2,5-6,9-10,13H,1,3-4,7-8,11-12H2. The molecule has 88 valence electrons. The normalized spacial score (nSPS) is 17.5. The van der Waals surface area contributed by atoms with E-state index in [-0.39, 0.29) is 0 Å². The fourth-order valence-electron chi connectivity index (χ4n) is 2.20. The minimum absolute atomic E-state index is 0.792. The Morgan fingerprint density at radius 2 is 1.81 bits per heavy atom. The number of hydrogen-bond donors (Lipinski definition) is 0. The van der Waals surface area contributed by atoms with Crippen LogP contribution in [0.1, 0.15) is 32.1 Å². The smallest absolute Gasteiger partial charge is 0.0967 e. The molecule has 0 unspecified atom stereocenters. The molecule has 0 radical (unpaired) electrons. The topological polar surface area (TPSA) is 9.23 Å². The van der Waals surface area contributed by atoms with Crippen molar-refractivity contribution >= 4 is 11.8 Å². The van der Waals surface area contributed by atoms with Crippen molar-refractivity contribution in [1.82, 2.24) is 0 Å². The summed E-state index contributed by atoms with van der Waals surface area (Å²) in [5.74, 6) is 1.62. The van der Waals surface area contributed by atoms with E-state index in [0.29, 0.717) is 0 Å². The molecule has 0 saturated heterocycles. The molecular formula is C14H20OS. The molecule has 2 rings (SSSR count). The van der Waals surface area contributed by atoms with Gasteiger partial charge in [0, 0.05) is 4.90 Å². The van der Waals surface area contributed by atoms with Gasteiger partial charge in [0.2, 0.25) is 0 Å². The molecule has 1 aliphatic carbocycles. The number of hydrogen-bond acceptors (Lipinski definition) is 2. The molecule has 0 atom stereocenters. The quantitative estimate of drug-likeness (QED) is 0.427. The Kier molecular flexibility index (Phi) is 5.23. The highest BCUT2D eigenvalue weighted by molar-refractivity contribution is 7.99. The number of thioether (sulfide) groups is 1. The van der Waals surface area contributed by atoms with E-state index in [1.165, 1.54) is 37.0 Å². The first-order valence-electron chi connectivity index (χ1n) is 6.21. The van der Waals surface area contributed by atoms with Crippen LogP contribution in [-0.4, -0.2) is 12.5 Å². The van der Waals surface area contributed by atoms with Gasteiger partial charge in [0.25, 0.3) is 0 Å². The van der Waals surface area contributed by atoms with Crippen LogP contribution in [0.25, 0.3) is 0 Å². The minimum Gasteiger partial charge on any atom is -0.370 e. The third-order valence-electron chi connectivity index (χ3n) is 3.13.